The van der Waals surface area contributed by atoms with Crippen LogP contribution in [0.5, 0.6) is 0 Å². The van der Waals surface area contributed by atoms with Crippen LogP contribution >= 0.6 is 0 Å². The first-order valence-electron chi connectivity index (χ1n) is 5.47. The molecule has 1 unspecified atom stereocenters. The molecule has 16 heavy (non-hydrogen) atoms. The summed E-state index contributed by atoms with van der Waals surface area (Å²) in [6, 6.07) is 2.03. The summed E-state index contributed by atoms with van der Waals surface area (Å²) in [5.74, 6) is 0. The van der Waals surface area contributed by atoms with E-state index in [2.05, 4.69) is 10.4 Å². The molecule has 1 N–H and O–H groups in total. The van der Waals surface area contributed by atoms with Gasteiger partial charge < -0.3 is 14.8 Å². The van der Waals surface area contributed by atoms with Gasteiger partial charge in [0, 0.05) is 52.7 Å². The average Bonchev–Trinajstić information content (AvgIpc) is 2.69. The van der Waals surface area contributed by atoms with Crippen molar-refractivity contribution in [3.05, 3.63) is 18.0 Å². The Morgan fingerprint density at radius 1 is 1.50 bits per heavy atom. The molecule has 0 radical (unpaired) electrons. The molecule has 0 saturated heterocycles. The van der Waals surface area contributed by atoms with E-state index in [0.29, 0.717) is 6.61 Å². The van der Waals surface area contributed by atoms with Crippen molar-refractivity contribution in [2.75, 3.05) is 33.9 Å². The lowest BCUT2D eigenvalue weighted by molar-refractivity contribution is 0.0291. The Morgan fingerprint density at radius 3 is 2.88 bits per heavy atom. The summed E-state index contributed by atoms with van der Waals surface area (Å²) >= 11 is 0. The molecule has 1 atom stereocenters. The normalized spacial score (nSPS) is 12.9. The van der Waals surface area contributed by atoms with Crippen molar-refractivity contribution < 1.29 is 9.47 Å². The predicted octanol–water partition coefficient (Wildman–Crippen LogP) is 0.214. The summed E-state index contributed by atoms with van der Waals surface area (Å²) in [4.78, 5) is 0. The van der Waals surface area contributed by atoms with Crippen LogP contribution < -0.4 is 5.32 Å². The highest BCUT2D eigenvalue weighted by molar-refractivity contribution is 5.00. The largest absolute Gasteiger partial charge is 0.382 e. The third-order valence-corrected chi connectivity index (χ3v) is 2.54. The van der Waals surface area contributed by atoms with E-state index in [1.165, 1.54) is 5.69 Å². The molecule has 0 aliphatic heterocycles. The van der Waals surface area contributed by atoms with Crippen molar-refractivity contribution in [3.63, 3.8) is 0 Å². The molecule has 0 amide bonds. The van der Waals surface area contributed by atoms with Gasteiger partial charge in [0.15, 0.2) is 0 Å². The van der Waals surface area contributed by atoms with Crippen LogP contribution in [0.1, 0.15) is 5.69 Å². The summed E-state index contributed by atoms with van der Waals surface area (Å²) in [7, 11) is 5.34. The average molecular weight is 227 g/mol. The summed E-state index contributed by atoms with van der Waals surface area (Å²) in [6.45, 7) is 2.35. The smallest absolute Gasteiger partial charge is 0.0928 e. The Hall–Kier alpha value is -0.910. The van der Waals surface area contributed by atoms with Gasteiger partial charge >= 0.3 is 0 Å². The number of aromatic nitrogens is 2. The highest BCUT2D eigenvalue weighted by Gasteiger charge is 2.05. The summed E-state index contributed by atoms with van der Waals surface area (Å²) in [6.07, 6.45) is 2.91. The molecule has 1 aromatic heterocycles. The molecular weight excluding hydrogens is 206 g/mol. The van der Waals surface area contributed by atoms with Crippen molar-refractivity contribution in [1.82, 2.24) is 15.1 Å². The first-order chi connectivity index (χ1) is 7.77. The molecule has 0 saturated carbocycles. The van der Waals surface area contributed by atoms with Crippen LogP contribution in [-0.2, 0) is 22.9 Å². The maximum atomic E-state index is 5.25. The van der Waals surface area contributed by atoms with Crippen LogP contribution in [0.4, 0.5) is 0 Å². The number of ether oxygens (including phenoxy) is 2. The molecule has 0 bridgehead atoms. The fourth-order valence-corrected chi connectivity index (χ4v) is 1.52. The van der Waals surface area contributed by atoms with E-state index >= 15 is 0 Å². The standard InChI is InChI=1S/C11H21N3O2/c1-14-10(5-7-13-14)4-6-12-8-11(16-3)9-15-2/h5,7,11-12H,4,6,8-9H2,1-3H3. The highest BCUT2D eigenvalue weighted by atomic mass is 16.5. The van der Waals surface area contributed by atoms with Crippen molar-refractivity contribution in [1.29, 1.82) is 0 Å². The number of aryl methyl sites for hydroxylation is 1. The maximum Gasteiger partial charge on any atom is 0.0928 e. The fourth-order valence-electron chi connectivity index (χ4n) is 1.52. The lowest BCUT2D eigenvalue weighted by atomic mass is 10.3. The molecule has 92 valence electrons. The predicted molar refractivity (Wildman–Crippen MR) is 62.5 cm³/mol. The third-order valence-electron chi connectivity index (χ3n) is 2.54. The minimum absolute atomic E-state index is 0.122. The minimum atomic E-state index is 0.122. The second-order valence-corrected chi connectivity index (χ2v) is 3.71. The van der Waals surface area contributed by atoms with E-state index in [1.807, 2.05) is 24.0 Å². The number of nitrogens with one attached hydrogen (secondary N) is 1. The fraction of sp³-hybridized carbons (Fsp3) is 0.727. The third kappa shape index (κ3) is 4.30. The summed E-state index contributed by atoms with van der Waals surface area (Å²) in [5, 5.41) is 7.46. The molecule has 1 rings (SSSR count). The van der Waals surface area contributed by atoms with Crippen LogP contribution in [0.2, 0.25) is 0 Å². The van der Waals surface area contributed by atoms with Crippen LogP contribution in [0.3, 0.4) is 0 Å². The van der Waals surface area contributed by atoms with Gasteiger partial charge in [0.1, 0.15) is 0 Å². The molecule has 0 aromatic carbocycles. The van der Waals surface area contributed by atoms with E-state index in [-0.39, 0.29) is 6.10 Å². The van der Waals surface area contributed by atoms with E-state index in [4.69, 9.17) is 9.47 Å². The second-order valence-electron chi connectivity index (χ2n) is 3.71. The van der Waals surface area contributed by atoms with Gasteiger partial charge in [-0.25, -0.2) is 0 Å². The molecule has 0 spiro atoms. The Bertz CT molecular complexity index is 289. The van der Waals surface area contributed by atoms with Crippen LogP contribution in [0.15, 0.2) is 12.3 Å². The Labute approximate surface area is 96.7 Å². The molecule has 0 aliphatic carbocycles. The monoisotopic (exact) mass is 227 g/mol. The Morgan fingerprint density at radius 2 is 2.31 bits per heavy atom. The van der Waals surface area contributed by atoms with Crippen molar-refractivity contribution in [2.24, 2.45) is 7.05 Å². The molecule has 5 nitrogen and oxygen atoms in total. The number of hydrogen-bond donors (Lipinski definition) is 1. The van der Waals surface area contributed by atoms with Gasteiger partial charge in [0.05, 0.1) is 12.7 Å². The van der Waals surface area contributed by atoms with Gasteiger partial charge in [-0.2, -0.15) is 5.10 Å². The Kier molecular flexibility index (Phi) is 6.07. The van der Waals surface area contributed by atoms with E-state index in [1.54, 1.807) is 14.2 Å². The van der Waals surface area contributed by atoms with Crippen LogP contribution in [0.25, 0.3) is 0 Å². The molecule has 1 aromatic rings. The van der Waals surface area contributed by atoms with Gasteiger partial charge in [0.2, 0.25) is 0 Å². The van der Waals surface area contributed by atoms with Crippen molar-refractivity contribution in [2.45, 2.75) is 12.5 Å². The van der Waals surface area contributed by atoms with E-state index < -0.39 is 0 Å². The maximum absolute atomic E-state index is 5.25. The zero-order valence-corrected chi connectivity index (χ0v) is 10.3. The van der Waals surface area contributed by atoms with Crippen molar-refractivity contribution >= 4 is 0 Å². The topological polar surface area (TPSA) is 48.3 Å². The number of hydrogen-bond acceptors (Lipinski definition) is 4. The highest BCUT2D eigenvalue weighted by Crippen LogP contribution is 1.96. The zero-order valence-electron chi connectivity index (χ0n) is 10.3. The SMILES string of the molecule is COCC(CNCCc1ccnn1C)OC. The zero-order chi connectivity index (χ0) is 11.8. The lowest BCUT2D eigenvalue weighted by Gasteiger charge is -2.14. The number of nitrogens with zero attached hydrogens (tertiary/aromatic N) is 2. The van der Waals surface area contributed by atoms with Gasteiger partial charge in [-0.1, -0.05) is 0 Å². The minimum Gasteiger partial charge on any atom is -0.382 e. The quantitative estimate of drug-likeness (QED) is 0.645. The van der Waals surface area contributed by atoms with Gasteiger partial charge in [0.25, 0.3) is 0 Å². The molecule has 0 aliphatic rings. The molecule has 1 heterocycles. The second kappa shape index (κ2) is 7.38. The van der Waals surface area contributed by atoms with Crippen molar-refractivity contribution in [3.8, 4) is 0 Å². The van der Waals surface area contributed by atoms with E-state index in [0.717, 1.165) is 19.5 Å². The van der Waals surface area contributed by atoms with E-state index in [9.17, 15) is 0 Å². The first kappa shape index (κ1) is 13.2. The van der Waals surface area contributed by atoms with Crippen LogP contribution in [0, 0.1) is 0 Å². The summed E-state index contributed by atoms with van der Waals surface area (Å²) in [5.41, 5.74) is 1.23. The molecular formula is C11H21N3O2. The number of methoxy groups -OCH3 is 2. The number of rotatable bonds is 8. The first-order valence-corrected chi connectivity index (χ1v) is 5.47. The van der Waals surface area contributed by atoms with Gasteiger partial charge in [-0.15, -0.1) is 0 Å². The Balaban J connectivity index is 2.14. The molecule has 0 fully saturated rings. The summed E-state index contributed by atoms with van der Waals surface area (Å²) < 4.78 is 12.2. The van der Waals surface area contributed by atoms with Gasteiger partial charge in [-0.3, -0.25) is 4.68 Å². The molecule has 5 heteroatoms. The lowest BCUT2D eigenvalue weighted by Crippen LogP contribution is -2.33. The van der Waals surface area contributed by atoms with Gasteiger partial charge in [-0.05, 0) is 6.07 Å². The van der Waals surface area contributed by atoms with Crippen LogP contribution in [-0.4, -0.2) is 49.8 Å².